The highest BCUT2D eigenvalue weighted by molar-refractivity contribution is 5.14. The van der Waals surface area contributed by atoms with Gasteiger partial charge in [0.15, 0.2) is 0 Å². The van der Waals surface area contributed by atoms with Gasteiger partial charge in [0.1, 0.15) is 0 Å². The van der Waals surface area contributed by atoms with Gasteiger partial charge in [-0.3, -0.25) is 0 Å². The molecule has 1 heterocycles. The van der Waals surface area contributed by atoms with Crippen molar-refractivity contribution in [1.82, 2.24) is 9.97 Å². The minimum absolute atomic E-state index is 0.0639. The summed E-state index contributed by atoms with van der Waals surface area (Å²) in [5.41, 5.74) is 7.93. The average molecular weight is 273 g/mol. The van der Waals surface area contributed by atoms with Gasteiger partial charge in [-0.15, -0.1) is 0 Å². The van der Waals surface area contributed by atoms with Crippen molar-refractivity contribution in [2.75, 3.05) is 0 Å². The Hall–Kier alpha value is -1.16. The van der Waals surface area contributed by atoms with Crippen LogP contribution in [0.15, 0.2) is 10.9 Å². The molecule has 4 heteroatoms. The van der Waals surface area contributed by atoms with E-state index in [4.69, 9.17) is 5.73 Å². The summed E-state index contributed by atoms with van der Waals surface area (Å²) in [4.78, 5) is 18.4. The molecule has 4 bridgehead atoms. The third kappa shape index (κ3) is 1.93. The van der Waals surface area contributed by atoms with E-state index in [1.54, 1.807) is 0 Å². The van der Waals surface area contributed by atoms with E-state index < -0.39 is 0 Å². The summed E-state index contributed by atoms with van der Waals surface area (Å²) in [5, 5.41) is 0. The zero-order chi connectivity index (χ0) is 13.9. The Balaban J connectivity index is 1.65. The number of aromatic nitrogens is 2. The van der Waals surface area contributed by atoms with E-state index >= 15 is 0 Å². The summed E-state index contributed by atoms with van der Waals surface area (Å²) >= 11 is 0. The Labute approximate surface area is 119 Å². The highest BCUT2D eigenvalue weighted by Gasteiger charge is 2.50. The lowest BCUT2D eigenvalue weighted by molar-refractivity contribution is -0.0477. The number of nitrogens with two attached hydrogens (primary N) is 1. The van der Waals surface area contributed by atoms with Crippen molar-refractivity contribution in [3.05, 3.63) is 27.9 Å². The summed E-state index contributed by atoms with van der Waals surface area (Å²) in [5.74, 6) is 3.98. The van der Waals surface area contributed by atoms with Crippen LogP contribution >= 0.6 is 0 Å². The van der Waals surface area contributed by atoms with Gasteiger partial charge in [-0.2, -0.15) is 4.98 Å². The molecule has 1 aromatic rings. The first kappa shape index (κ1) is 12.6. The largest absolute Gasteiger partial charge is 0.345 e. The molecule has 3 N–H and O–H groups in total. The van der Waals surface area contributed by atoms with Crippen LogP contribution in [0.4, 0.5) is 0 Å². The van der Waals surface area contributed by atoms with E-state index in [1.165, 1.54) is 32.1 Å². The zero-order valence-corrected chi connectivity index (χ0v) is 12.0. The maximum absolute atomic E-state index is 11.6. The van der Waals surface area contributed by atoms with Crippen molar-refractivity contribution in [2.24, 2.45) is 35.3 Å². The Morgan fingerprint density at radius 2 is 1.80 bits per heavy atom. The van der Waals surface area contributed by atoms with Crippen LogP contribution in [0.5, 0.6) is 0 Å². The topological polar surface area (TPSA) is 71.8 Å². The smallest absolute Gasteiger partial charge is 0.322 e. The summed E-state index contributed by atoms with van der Waals surface area (Å²) in [6.07, 6.45) is 6.87. The predicted octanol–water partition coefficient (Wildman–Crippen LogP) is 2.15. The fourth-order valence-electron chi connectivity index (χ4n) is 5.53. The van der Waals surface area contributed by atoms with Crippen molar-refractivity contribution in [3.8, 4) is 0 Å². The first-order valence-corrected chi connectivity index (χ1v) is 7.93. The lowest BCUT2D eigenvalue weighted by Gasteiger charge is -2.55. The molecule has 0 amide bonds. The Morgan fingerprint density at radius 1 is 1.20 bits per heavy atom. The molecule has 0 aromatic carbocycles. The van der Waals surface area contributed by atoms with Crippen LogP contribution in [0.3, 0.4) is 0 Å². The van der Waals surface area contributed by atoms with Crippen LogP contribution < -0.4 is 11.4 Å². The van der Waals surface area contributed by atoms with Crippen LogP contribution in [0.1, 0.15) is 49.5 Å². The fraction of sp³-hybridized carbons (Fsp3) is 0.750. The molecule has 108 valence electrons. The second kappa shape index (κ2) is 4.42. The number of aryl methyl sites for hydroxylation is 1. The fourth-order valence-corrected chi connectivity index (χ4v) is 5.53. The van der Waals surface area contributed by atoms with Crippen LogP contribution in [-0.2, 0) is 0 Å². The molecule has 1 aromatic heterocycles. The molecule has 4 fully saturated rings. The zero-order valence-electron chi connectivity index (χ0n) is 12.0. The molecule has 4 aliphatic carbocycles. The Kier molecular flexibility index (Phi) is 2.78. The van der Waals surface area contributed by atoms with Gasteiger partial charge in [0.2, 0.25) is 0 Å². The average Bonchev–Trinajstić information content (AvgIpc) is 2.35. The van der Waals surface area contributed by atoms with E-state index in [-0.39, 0.29) is 11.7 Å². The monoisotopic (exact) mass is 273 g/mol. The van der Waals surface area contributed by atoms with E-state index in [2.05, 4.69) is 9.97 Å². The third-order valence-electron chi connectivity index (χ3n) is 5.95. The van der Waals surface area contributed by atoms with Gasteiger partial charge in [-0.1, -0.05) is 0 Å². The van der Waals surface area contributed by atoms with Crippen molar-refractivity contribution < 1.29 is 0 Å². The number of hydrogen-bond acceptors (Lipinski definition) is 3. The van der Waals surface area contributed by atoms with Gasteiger partial charge < -0.3 is 10.7 Å². The molecule has 0 spiro atoms. The van der Waals surface area contributed by atoms with Gasteiger partial charge in [0, 0.05) is 5.69 Å². The standard InChI is InChI=1S/C16H23N3O/c1-8-2-13(19-16(20)18-8)15(17)14-11-4-9-3-10(6-11)7-12(14)5-9/h2,9-12,14-15H,3-7,17H2,1H3,(H,18,19,20). The summed E-state index contributed by atoms with van der Waals surface area (Å²) in [6.45, 7) is 1.90. The first-order valence-electron chi connectivity index (χ1n) is 7.93. The number of H-pyrrole nitrogens is 1. The molecular weight excluding hydrogens is 250 g/mol. The molecule has 1 atom stereocenters. The van der Waals surface area contributed by atoms with Gasteiger partial charge in [0.05, 0.1) is 11.7 Å². The van der Waals surface area contributed by atoms with Crippen molar-refractivity contribution >= 4 is 0 Å². The summed E-state index contributed by atoms with van der Waals surface area (Å²) in [7, 11) is 0. The lowest BCUT2D eigenvalue weighted by Crippen LogP contribution is -2.49. The Bertz CT molecular complexity index is 551. The lowest BCUT2D eigenvalue weighted by atomic mass is 9.50. The molecule has 5 rings (SSSR count). The highest BCUT2D eigenvalue weighted by atomic mass is 16.1. The molecular formula is C16H23N3O. The van der Waals surface area contributed by atoms with E-state index in [0.29, 0.717) is 5.92 Å². The number of nitrogens with one attached hydrogen (secondary N) is 1. The Morgan fingerprint density at radius 3 is 2.35 bits per heavy atom. The molecule has 1 unspecified atom stereocenters. The van der Waals surface area contributed by atoms with E-state index in [9.17, 15) is 4.79 Å². The van der Waals surface area contributed by atoms with E-state index in [1.807, 2.05) is 13.0 Å². The van der Waals surface area contributed by atoms with Crippen LogP contribution in [0, 0.1) is 36.5 Å². The van der Waals surface area contributed by atoms with E-state index in [0.717, 1.165) is 35.1 Å². The normalized spacial score (nSPS) is 40.0. The molecule has 4 nitrogen and oxygen atoms in total. The second-order valence-corrected chi connectivity index (χ2v) is 7.33. The molecule has 4 aliphatic rings. The minimum atomic E-state index is -0.265. The third-order valence-corrected chi connectivity index (χ3v) is 5.95. The van der Waals surface area contributed by atoms with Crippen LogP contribution in [0.2, 0.25) is 0 Å². The number of aromatic amines is 1. The molecule has 0 radical (unpaired) electrons. The molecule has 0 saturated heterocycles. The minimum Gasteiger partial charge on any atom is -0.322 e. The predicted molar refractivity (Wildman–Crippen MR) is 77.1 cm³/mol. The quantitative estimate of drug-likeness (QED) is 0.867. The van der Waals surface area contributed by atoms with Gasteiger partial charge in [0.25, 0.3) is 0 Å². The maximum atomic E-state index is 11.6. The molecule has 20 heavy (non-hydrogen) atoms. The van der Waals surface area contributed by atoms with Gasteiger partial charge in [-0.05, 0) is 74.7 Å². The highest BCUT2D eigenvalue weighted by Crippen LogP contribution is 2.58. The maximum Gasteiger partial charge on any atom is 0.345 e. The summed E-state index contributed by atoms with van der Waals surface area (Å²) in [6, 6.07) is 1.89. The van der Waals surface area contributed by atoms with Crippen LogP contribution in [0.25, 0.3) is 0 Å². The SMILES string of the molecule is Cc1cc(C(N)C2C3CC4CC(C3)CC2C4)nc(=O)[nH]1. The molecule has 0 aliphatic heterocycles. The number of hydrogen-bond donors (Lipinski definition) is 2. The van der Waals surface area contributed by atoms with Gasteiger partial charge >= 0.3 is 5.69 Å². The molecule has 4 saturated carbocycles. The number of rotatable bonds is 2. The van der Waals surface area contributed by atoms with Gasteiger partial charge in [-0.25, -0.2) is 4.79 Å². The van der Waals surface area contributed by atoms with Crippen molar-refractivity contribution in [1.29, 1.82) is 0 Å². The van der Waals surface area contributed by atoms with Crippen molar-refractivity contribution in [2.45, 2.75) is 45.1 Å². The van der Waals surface area contributed by atoms with Crippen LogP contribution in [-0.4, -0.2) is 9.97 Å². The first-order chi connectivity index (χ1) is 9.60. The van der Waals surface area contributed by atoms with Crippen molar-refractivity contribution in [3.63, 3.8) is 0 Å². The number of nitrogens with zero attached hydrogens (tertiary/aromatic N) is 1. The summed E-state index contributed by atoms with van der Waals surface area (Å²) < 4.78 is 0. The second-order valence-electron chi connectivity index (χ2n) is 7.33.